The van der Waals surface area contributed by atoms with Gasteiger partial charge >= 0.3 is 0 Å². The molecule has 0 radical (unpaired) electrons. The molecule has 1 aliphatic rings. The van der Waals surface area contributed by atoms with Crippen LogP contribution in [0.4, 0.5) is 5.13 Å². The molecule has 7 heteroatoms. The predicted molar refractivity (Wildman–Crippen MR) is 82.0 cm³/mol. The maximum atomic E-state index is 12.1. The van der Waals surface area contributed by atoms with Gasteiger partial charge in [0.05, 0.1) is 11.3 Å². The van der Waals surface area contributed by atoms with Crippen molar-refractivity contribution in [3.05, 3.63) is 39.1 Å². The fraction of sp³-hybridized carbons (Fsp3) is 0.308. The van der Waals surface area contributed by atoms with E-state index in [4.69, 9.17) is 5.73 Å². The van der Waals surface area contributed by atoms with Crippen LogP contribution in [0.1, 0.15) is 27.3 Å². The van der Waals surface area contributed by atoms with E-state index in [-0.39, 0.29) is 11.9 Å². The van der Waals surface area contributed by atoms with Crippen LogP contribution in [0.3, 0.4) is 0 Å². The molecule has 0 aliphatic heterocycles. The number of pyridine rings is 1. The third kappa shape index (κ3) is 2.89. The van der Waals surface area contributed by atoms with Crippen LogP contribution in [0.15, 0.2) is 22.9 Å². The average Bonchev–Trinajstić information content (AvgIpc) is 2.80. The van der Waals surface area contributed by atoms with Gasteiger partial charge in [-0.05, 0) is 41.3 Å². The van der Waals surface area contributed by atoms with Crippen molar-refractivity contribution >= 4 is 38.3 Å². The summed E-state index contributed by atoms with van der Waals surface area (Å²) in [7, 11) is 0. The molecule has 1 atom stereocenters. The molecule has 0 bridgehead atoms. The van der Waals surface area contributed by atoms with Gasteiger partial charge in [0.1, 0.15) is 0 Å². The summed E-state index contributed by atoms with van der Waals surface area (Å²) in [6.45, 7) is 0. The Morgan fingerprint density at radius 1 is 1.50 bits per heavy atom. The predicted octanol–water partition coefficient (Wildman–Crippen LogP) is 2.37. The number of carbonyl (C=O) groups is 1. The minimum absolute atomic E-state index is 0.200. The van der Waals surface area contributed by atoms with E-state index in [1.54, 1.807) is 12.3 Å². The number of rotatable bonds is 2. The molecule has 3 rings (SSSR count). The highest BCUT2D eigenvalue weighted by Gasteiger charge is 2.21. The molecule has 0 spiro atoms. The zero-order valence-corrected chi connectivity index (χ0v) is 13.0. The number of fused-ring (bicyclic) bond motifs is 1. The second kappa shape index (κ2) is 5.59. The van der Waals surface area contributed by atoms with Crippen LogP contribution < -0.4 is 11.1 Å². The highest BCUT2D eigenvalue weighted by molar-refractivity contribution is 9.10. The minimum atomic E-state index is -0.200. The van der Waals surface area contributed by atoms with Crippen LogP contribution >= 0.6 is 27.3 Å². The number of hydrogen-bond donors (Lipinski definition) is 2. The van der Waals surface area contributed by atoms with Crippen LogP contribution in [0.5, 0.6) is 0 Å². The van der Waals surface area contributed by atoms with Gasteiger partial charge in [0.2, 0.25) is 0 Å². The number of amides is 1. The van der Waals surface area contributed by atoms with Gasteiger partial charge in [-0.15, -0.1) is 11.3 Å². The molecular formula is C13H13BrN4OS. The maximum Gasteiger partial charge on any atom is 0.259 e. The fourth-order valence-corrected chi connectivity index (χ4v) is 3.62. The lowest BCUT2D eigenvalue weighted by molar-refractivity contribution is 0.102. The van der Waals surface area contributed by atoms with E-state index in [9.17, 15) is 4.79 Å². The molecule has 0 fully saturated rings. The first-order valence-electron chi connectivity index (χ1n) is 6.28. The first-order valence-corrected chi connectivity index (χ1v) is 7.89. The highest BCUT2D eigenvalue weighted by Crippen LogP contribution is 2.29. The highest BCUT2D eigenvalue weighted by atomic mass is 79.9. The lowest BCUT2D eigenvalue weighted by atomic mass is 9.99. The zero-order valence-electron chi connectivity index (χ0n) is 10.6. The van der Waals surface area contributed by atoms with Gasteiger partial charge in [0.15, 0.2) is 5.13 Å². The Bertz CT molecular complexity index is 658. The summed E-state index contributed by atoms with van der Waals surface area (Å²) in [6.07, 6.45) is 5.87. The largest absolute Gasteiger partial charge is 0.327 e. The average molecular weight is 353 g/mol. The molecular weight excluding hydrogens is 340 g/mol. The number of halogens is 1. The van der Waals surface area contributed by atoms with Crippen LogP contribution in [0.2, 0.25) is 0 Å². The molecule has 104 valence electrons. The Labute approximate surface area is 128 Å². The Hall–Kier alpha value is -1.31. The minimum Gasteiger partial charge on any atom is -0.327 e. The van der Waals surface area contributed by atoms with Gasteiger partial charge in [-0.2, -0.15) is 0 Å². The Morgan fingerprint density at radius 3 is 3.15 bits per heavy atom. The Morgan fingerprint density at radius 2 is 2.35 bits per heavy atom. The smallest absolute Gasteiger partial charge is 0.259 e. The van der Waals surface area contributed by atoms with E-state index in [0.717, 1.165) is 29.4 Å². The van der Waals surface area contributed by atoms with Gasteiger partial charge in [-0.1, -0.05) is 0 Å². The number of aryl methyl sites for hydroxylation is 1. The Kier molecular flexibility index (Phi) is 3.82. The third-order valence-corrected chi connectivity index (χ3v) is 4.63. The van der Waals surface area contributed by atoms with Crippen LogP contribution in [-0.2, 0) is 12.8 Å². The molecule has 0 saturated heterocycles. The number of nitrogens with zero attached hydrogens (tertiary/aromatic N) is 2. The van der Waals surface area contributed by atoms with E-state index >= 15 is 0 Å². The van der Waals surface area contributed by atoms with E-state index < -0.39 is 0 Å². The maximum absolute atomic E-state index is 12.1. The van der Waals surface area contributed by atoms with Gasteiger partial charge in [-0.25, -0.2) is 4.98 Å². The quantitative estimate of drug-likeness (QED) is 0.869. The summed E-state index contributed by atoms with van der Waals surface area (Å²) in [5.41, 5.74) is 7.52. The van der Waals surface area contributed by atoms with Gasteiger partial charge in [0.25, 0.3) is 5.91 Å². The SMILES string of the molecule is N[C@H]1CCc2nc(NC(=O)c3cncc(Br)c3)sc2C1. The van der Waals surface area contributed by atoms with Crippen molar-refractivity contribution in [1.29, 1.82) is 0 Å². The molecule has 1 amide bonds. The standard InChI is InChI=1S/C13H13BrN4OS/c14-8-3-7(5-16-6-8)12(19)18-13-17-10-2-1-9(15)4-11(10)20-13/h3,5-6,9H,1-2,4,15H2,(H,17,18,19)/t9-/m0/s1. The molecule has 0 aromatic carbocycles. The monoisotopic (exact) mass is 352 g/mol. The van der Waals surface area contributed by atoms with Crippen molar-refractivity contribution < 1.29 is 4.79 Å². The summed E-state index contributed by atoms with van der Waals surface area (Å²) < 4.78 is 0.773. The van der Waals surface area contributed by atoms with Crippen molar-refractivity contribution in [2.24, 2.45) is 5.73 Å². The van der Waals surface area contributed by atoms with Gasteiger partial charge in [-0.3, -0.25) is 15.1 Å². The van der Waals surface area contributed by atoms with Gasteiger partial charge < -0.3 is 5.73 Å². The number of carbonyl (C=O) groups excluding carboxylic acids is 1. The van der Waals surface area contributed by atoms with Crippen LogP contribution in [-0.4, -0.2) is 21.9 Å². The van der Waals surface area contributed by atoms with E-state index in [1.165, 1.54) is 22.4 Å². The normalized spacial score (nSPS) is 17.6. The van der Waals surface area contributed by atoms with Crippen molar-refractivity contribution in [2.45, 2.75) is 25.3 Å². The molecule has 0 saturated carbocycles. The number of nitrogens with one attached hydrogen (secondary N) is 1. The first kappa shape index (κ1) is 13.7. The number of aromatic nitrogens is 2. The third-order valence-electron chi connectivity index (χ3n) is 3.17. The van der Waals surface area contributed by atoms with Gasteiger partial charge in [0, 0.05) is 27.8 Å². The summed E-state index contributed by atoms with van der Waals surface area (Å²) >= 11 is 4.81. The van der Waals surface area contributed by atoms with Crippen LogP contribution in [0.25, 0.3) is 0 Å². The van der Waals surface area contributed by atoms with E-state index in [0.29, 0.717) is 10.7 Å². The topological polar surface area (TPSA) is 80.9 Å². The molecule has 3 N–H and O–H groups in total. The molecule has 0 unspecified atom stereocenters. The molecule has 2 heterocycles. The number of thiazole rings is 1. The lowest BCUT2D eigenvalue weighted by Gasteiger charge is -2.15. The summed E-state index contributed by atoms with van der Waals surface area (Å²) in [5.74, 6) is -0.200. The van der Waals surface area contributed by atoms with E-state index in [1.807, 2.05) is 0 Å². The molecule has 5 nitrogen and oxygen atoms in total. The lowest BCUT2D eigenvalue weighted by Crippen LogP contribution is -2.27. The summed E-state index contributed by atoms with van der Waals surface area (Å²) in [5, 5.41) is 3.46. The zero-order chi connectivity index (χ0) is 14.1. The first-order chi connectivity index (χ1) is 9.61. The van der Waals surface area contributed by atoms with Crippen LogP contribution in [0, 0.1) is 0 Å². The van der Waals surface area contributed by atoms with E-state index in [2.05, 4.69) is 31.2 Å². The molecule has 2 aromatic rings. The molecule has 1 aliphatic carbocycles. The molecule has 20 heavy (non-hydrogen) atoms. The Balaban J connectivity index is 1.77. The van der Waals surface area contributed by atoms with Crippen molar-refractivity contribution in [1.82, 2.24) is 9.97 Å². The number of nitrogens with two attached hydrogens (primary N) is 1. The van der Waals surface area contributed by atoms with Crippen molar-refractivity contribution in [2.75, 3.05) is 5.32 Å². The molecule has 2 aromatic heterocycles. The summed E-state index contributed by atoms with van der Waals surface area (Å²) in [4.78, 5) is 21.8. The second-order valence-corrected chi connectivity index (χ2v) is 6.74. The fourth-order valence-electron chi connectivity index (χ4n) is 2.16. The second-order valence-electron chi connectivity index (χ2n) is 4.74. The van der Waals surface area contributed by atoms with Crippen molar-refractivity contribution in [3.8, 4) is 0 Å². The van der Waals surface area contributed by atoms with Crippen molar-refractivity contribution in [3.63, 3.8) is 0 Å². The summed E-state index contributed by atoms with van der Waals surface area (Å²) in [6, 6.07) is 1.94. The number of hydrogen-bond acceptors (Lipinski definition) is 5. The number of anilines is 1.